The van der Waals surface area contributed by atoms with Crippen LogP contribution in [0.5, 0.6) is 0 Å². The Morgan fingerprint density at radius 3 is 2.13 bits per heavy atom. The van der Waals surface area contributed by atoms with Crippen molar-refractivity contribution in [2.75, 3.05) is 32.8 Å². The molecule has 1 aliphatic rings. The fourth-order valence-electron chi connectivity index (χ4n) is 2.68. The van der Waals surface area contributed by atoms with Crippen molar-refractivity contribution < 1.29 is 14.3 Å². The van der Waals surface area contributed by atoms with Gasteiger partial charge in [0.15, 0.2) is 0 Å². The van der Waals surface area contributed by atoms with E-state index in [1.807, 2.05) is 24.3 Å². The van der Waals surface area contributed by atoms with Crippen LogP contribution in [0, 0.1) is 0 Å². The first-order valence-electron chi connectivity index (χ1n) is 8.37. The summed E-state index contributed by atoms with van der Waals surface area (Å²) in [4.78, 5) is 27.7. The quantitative estimate of drug-likeness (QED) is 0.857. The Morgan fingerprint density at radius 2 is 1.61 bits per heavy atom. The third-order valence-corrected chi connectivity index (χ3v) is 4.43. The molecule has 1 aromatic carbocycles. The third kappa shape index (κ3) is 4.24. The van der Waals surface area contributed by atoms with Crippen molar-refractivity contribution in [3.05, 3.63) is 35.4 Å². The maximum atomic E-state index is 12.5. The average Bonchev–Trinajstić information content (AvgIpc) is 2.61. The van der Waals surface area contributed by atoms with E-state index in [0.29, 0.717) is 44.3 Å². The number of carbonyl (C=O) groups is 2. The highest BCUT2D eigenvalue weighted by Gasteiger charge is 2.25. The summed E-state index contributed by atoms with van der Waals surface area (Å²) in [6.07, 6.45) is 0.792. The van der Waals surface area contributed by atoms with Gasteiger partial charge in [0.25, 0.3) is 5.91 Å². The van der Waals surface area contributed by atoms with Gasteiger partial charge in [-0.2, -0.15) is 0 Å². The molecule has 0 bridgehead atoms. The first kappa shape index (κ1) is 17.3. The lowest BCUT2D eigenvalue weighted by molar-refractivity contribution is 0.0570. The summed E-state index contributed by atoms with van der Waals surface area (Å²) in [7, 11) is 0. The lowest BCUT2D eigenvalue weighted by Crippen LogP contribution is -2.50. The van der Waals surface area contributed by atoms with Crippen molar-refractivity contribution in [1.82, 2.24) is 9.80 Å². The lowest BCUT2D eigenvalue weighted by Gasteiger charge is -2.34. The standard InChI is InChI=1S/C18H26N2O3/c1-4-14(3)15-6-8-16(9-7-15)17(21)19-10-12-20(13-11-19)18(22)23-5-2/h6-9,14H,4-5,10-13H2,1-3H3. The molecular weight excluding hydrogens is 292 g/mol. The van der Waals surface area contributed by atoms with Gasteiger partial charge < -0.3 is 14.5 Å². The molecule has 2 rings (SSSR count). The molecule has 0 aliphatic carbocycles. The maximum absolute atomic E-state index is 12.5. The summed E-state index contributed by atoms with van der Waals surface area (Å²) in [5, 5.41) is 0. The molecule has 1 fully saturated rings. The summed E-state index contributed by atoms with van der Waals surface area (Å²) in [5.74, 6) is 0.538. The molecule has 23 heavy (non-hydrogen) atoms. The Kier molecular flexibility index (Phi) is 6.02. The van der Waals surface area contributed by atoms with E-state index in [9.17, 15) is 9.59 Å². The van der Waals surface area contributed by atoms with Gasteiger partial charge in [0.2, 0.25) is 0 Å². The molecule has 0 spiro atoms. The van der Waals surface area contributed by atoms with Gasteiger partial charge in [-0.15, -0.1) is 0 Å². The van der Waals surface area contributed by atoms with E-state index in [0.717, 1.165) is 6.42 Å². The number of amides is 2. The molecule has 0 saturated carbocycles. The molecule has 5 nitrogen and oxygen atoms in total. The summed E-state index contributed by atoms with van der Waals surface area (Å²) in [6.45, 7) is 8.65. The Labute approximate surface area is 138 Å². The molecule has 1 heterocycles. The van der Waals surface area contributed by atoms with Crippen molar-refractivity contribution in [2.24, 2.45) is 0 Å². The second kappa shape index (κ2) is 7.99. The van der Waals surface area contributed by atoms with Crippen LogP contribution >= 0.6 is 0 Å². The van der Waals surface area contributed by atoms with Crippen LogP contribution in [-0.2, 0) is 4.74 Å². The first-order chi connectivity index (χ1) is 11.1. The minimum atomic E-state index is -0.294. The van der Waals surface area contributed by atoms with E-state index in [1.54, 1.807) is 16.7 Å². The van der Waals surface area contributed by atoms with Crippen molar-refractivity contribution in [1.29, 1.82) is 0 Å². The van der Waals surface area contributed by atoms with E-state index in [2.05, 4.69) is 13.8 Å². The maximum Gasteiger partial charge on any atom is 0.409 e. The largest absolute Gasteiger partial charge is 0.450 e. The van der Waals surface area contributed by atoms with Crippen LogP contribution in [-0.4, -0.2) is 54.6 Å². The fraction of sp³-hybridized carbons (Fsp3) is 0.556. The van der Waals surface area contributed by atoms with Crippen LogP contribution in [0.3, 0.4) is 0 Å². The highest BCUT2D eigenvalue weighted by molar-refractivity contribution is 5.94. The zero-order valence-electron chi connectivity index (χ0n) is 14.2. The van der Waals surface area contributed by atoms with Crippen molar-refractivity contribution in [2.45, 2.75) is 33.1 Å². The van der Waals surface area contributed by atoms with Gasteiger partial charge in [-0.05, 0) is 37.0 Å². The summed E-state index contributed by atoms with van der Waals surface area (Å²) in [6, 6.07) is 7.88. The number of nitrogens with zero attached hydrogens (tertiary/aromatic N) is 2. The summed E-state index contributed by atoms with van der Waals surface area (Å²) < 4.78 is 4.99. The molecule has 2 amide bonds. The Balaban J connectivity index is 1.93. The Morgan fingerprint density at radius 1 is 1.04 bits per heavy atom. The molecule has 0 aromatic heterocycles. The van der Waals surface area contributed by atoms with Crippen LogP contribution in [0.4, 0.5) is 4.79 Å². The molecule has 1 aliphatic heterocycles. The number of piperazine rings is 1. The highest BCUT2D eigenvalue weighted by atomic mass is 16.6. The van der Waals surface area contributed by atoms with Crippen LogP contribution < -0.4 is 0 Å². The number of hydrogen-bond donors (Lipinski definition) is 0. The Hall–Kier alpha value is -2.04. The molecule has 126 valence electrons. The van der Waals surface area contributed by atoms with Crippen LogP contribution in [0.15, 0.2) is 24.3 Å². The SMILES string of the molecule is CCOC(=O)N1CCN(C(=O)c2ccc(C(C)CC)cc2)CC1. The summed E-state index contributed by atoms with van der Waals surface area (Å²) >= 11 is 0. The lowest BCUT2D eigenvalue weighted by atomic mass is 9.97. The second-order valence-corrected chi connectivity index (χ2v) is 5.91. The van der Waals surface area contributed by atoms with E-state index < -0.39 is 0 Å². The normalized spacial score (nSPS) is 16.1. The number of carbonyl (C=O) groups excluding carboxylic acids is 2. The molecule has 1 atom stereocenters. The topological polar surface area (TPSA) is 49.9 Å². The van der Waals surface area contributed by atoms with Crippen molar-refractivity contribution in [3.8, 4) is 0 Å². The smallest absolute Gasteiger partial charge is 0.409 e. The van der Waals surface area contributed by atoms with Gasteiger partial charge in [-0.25, -0.2) is 4.79 Å². The minimum Gasteiger partial charge on any atom is -0.450 e. The van der Waals surface area contributed by atoms with Gasteiger partial charge in [0, 0.05) is 31.7 Å². The monoisotopic (exact) mass is 318 g/mol. The molecule has 5 heteroatoms. The van der Waals surface area contributed by atoms with E-state index in [4.69, 9.17) is 4.74 Å². The molecule has 0 radical (unpaired) electrons. The molecule has 1 aromatic rings. The van der Waals surface area contributed by atoms with Gasteiger partial charge in [-0.3, -0.25) is 4.79 Å². The fourth-order valence-corrected chi connectivity index (χ4v) is 2.68. The predicted molar refractivity (Wildman–Crippen MR) is 89.6 cm³/mol. The second-order valence-electron chi connectivity index (χ2n) is 5.91. The van der Waals surface area contributed by atoms with Gasteiger partial charge >= 0.3 is 6.09 Å². The average molecular weight is 318 g/mol. The first-order valence-corrected chi connectivity index (χ1v) is 8.37. The molecule has 0 N–H and O–H groups in total. The van der Waals surface area contributed by atoms with Crippen molar-refractivity contribution >= 4 is 12.0 Å². The van der Waals surface area contributed by atoms with Crippen LogP contribution in [0.25, 0.3) is 0 Å². The van der Waals surface area contributed by atoms with Crippen LogP contribution in [0.1, 0.15) is 49.0 Å². The van der Waals surface area contributed by atoms with Gasteiger partial charge in [0.1, 0.15) is 0 Å². The van der Waals surface area contributed by atoms with Gasteiger partial charge in [-0.1, -0.05) is 26.0 Å². The minimum absolute atomic E-state index is 0.0317. The number of ether oxygens (including phenoxy) is 1. The highest BCUT2D eigenvalue weighted by Crippen LogP contribution is 2.19. The van der Waals surface area contributed by atoms with E-state index in [1.165, 1.54) is 5.56 Å². The molecule has 1 unspecified atom stereocenters. The van der Waals surface area contributed by atoms with Crippen molar-refractivity contribution in [3.63, 3.8) is 0 Å². The number of hydrogen-bond acceptors (Lipinski definition) is 3. The van der Waals surface area contributed by atoms with Crippen LogP contribution in [0.2, 0.25) is 0 Å². The number of benzene rings is 1. The molecule has 1 saturated heterocycles. The zero-order valence-corrected chi connectivity index (χ0v) is 14.2. The Bertz CT molecular complexity index is 534. The predicted octanol–water partition coefficient (Wildman–Crippen LogP) is 3.11. The molecular formula is C18H26N2O3. The van der Waals surface area contributed by atoms with E-state index in [-0.39, 0.29) is 12.0 Å². The van der Waals surface area contributed by atoms with E-state index >= 15 is 0 Å². The summed E-state index contributed by atoms with van der Waals surface area (Å²) in [5.41, 5.74) is 1.97. The third-order valence-electron chi connectivity index (χ3n) is 4.43. The zero-order chi connectivity index (χ0) is 16.8. The van der Waals surface area contributed by atoms with Gasteiger partial charge in [0.05, 0.1) is 6.61 Å². The number of rotatable bonds is 4.